The minimum absolute atomic E-state index is 0.00971. The fraction of sp³-hybridized carbons (Fsp3) is 0.842. The van der Waals surface area contributed by atoms with Crippen molar-refractivity contribution in [3.8, 4) is 0 Å². The normalized spacial score (nSPS) is 54.3. The minimum atomic E-state index is -0.342. The van der Waals surface area contributed by atoms with Crippen LogP contribution in [0.5, 0.6) is 0 Å². The molecule has 2 N–H and O–H groups in total. The zero-order valence-electron chi connectivity index (χ0n) is 13.7. The summed E-state index contributed by atoms with van der Waals surface area (Å²) in [4.78, 5) is 11.8. The SMILES string of the molecule is CC12CC[C@H]3C([C@@H](O)CC4=CC(=O)CC[C@@]43C)[C@@H]1CC[C@@H]2O. The fourth-order valence-electron chi connectivity index (χ4n) is 6.50. The molecule has 0 saturated heterocycles. The van der Waals surface area contributed by atoms with Crippen LogP contribution in [0.4, 0.5) is 0 Å². The van der Waals surface area contributed by atoms with Crippen molar-refractivity contribution in [3.05, 3.63) is 11.6 Å². The number of carbonyl (C=O) groups excluding carboxylic acids is 1. The molecule has 7 atom stereocenters. The van der Waals surface area contributed by atoms with E-state index in [2.05, 4.69) is 13.8 Å². The van der Waals surface area contributed by atoms with E-state index >= 15 is 0 Å². The van der Waals surface area contributed by atoms with Crippen molar-refractivity contribution in [1.82, 2.24) is 0 Å². The van der Waals surface area contributed by atoms with Crippen molar-refractivity contribution in [2.24, 2.45) is 28.6 Å². The minimum Gasteiger partial charge on any atom is -0.393 e. The molecular weight excluding hydrogens is 276 g/mol. The maximum Gasteiger partial charge on any atom is 0.155 e. The number of hydrogen-bond acceptors (Lipinski definition) is 3. The monoisotopic (exact) mass is 304 g/mol. The maximum absolute atomic E-state index is 11.8. The van der Waals surface area contributed by atoms with Gasteiger partial charge in [0.15, 0.2) is 5.78 Å². The Hall–Kier alpha value is -0.670. The standard InChI is InChI=1S/C19H28O3/c1-18-7-5-12(20)9-11(18)10-15(21)17-13-3-4-16(22)19(13,2)8-6-14(17)18/h9,13-17,21-22H,3-8,10H2,1-2H3/t13-,14-,15-,16-,17?,18-,19?/m0/s1. The molecule has 3 fully saturated rings. The molecule has 0 aliphatic heterocycles. The molecule has 4 aliphatic carbocycles. The van der Waals surface area contributed by atoms with Gasteiger partial charge in [-0.1, -0.05) is 19.4 Å². The smallest absolute Gasteiger partial charge is 0.155 e. The van der Waals surface area contributed by atoms with Crippen molar-refractivity contribution in [3.63, 3.8) is 0 Å². The number of hydrogen-bond donors (Lipinski definition) is 2. The van der Waals surface area contributed by atoms with Crippen LogP contribution in [-0.2, 0) is 4.79 Å². The summed E-state index contributed by atoms with van der Waals surface area (Å²) in [5, 5.41) is 21.3. The lowest BCUT2D eigenvalue weighted by Crippen LogP contribution is -2.55. The Labute approximate surface area is 132 Å². The number of rotatable bonds is 0. The summed E-state index contributed by atoms with van der Waals surface area (Å²) in [6.07, 6.45) is 7.61. The number of aliphatic hydroxyl groups excluding tert-OH is 2. The van der Waals surface area contributed by atoms with Crippen LogP contribution < -0.4 is 0 Å². The first-order valence-corrected chi connectivity index (χ1v) is 8.96. The zero-order chi connectivity index (χ0) is 15.7. The van der Waals surface area contributed by atoms with Crippen LogP contribution in [-0.4, -0.2) is 28.2 Å². The van der Waals surface area contributed by atoms with Crippen molar-refractivity contribution >= 4 is 5.78 Å². The van der Waals surface area contributed by atoms with Crippen LogP contribution in [0.25, 0.3) is 0 Å². The predicted octanol–water partition coefficient (Wildman–Crippen LogP) is 2.85. The second kappa shape index (κ2) is 4.67. The van der Waals surface area contributed by atoms with E-state index in [1.807, 2.05) is 6.08 Å². The van der Waals surface area contributed by atoms with Crippen molar-refractivity contribution in [2.75, 3.05) is 0 Å². The highest BCUT2D eigenvalue weighted by atomic mass is 16.3. The summed E-state index contributed by atoms with van der Waals surface area (Å²) in [6, 6.07) is 0. The van der Waals surface area contributed by atoms with Crippen LogP contribution >= 0.6 is 0 Å². The van der Waals surface area contributed by atoms with E-state index in [4.69, 9.17) is 0 Å². The Morgan fingerprint density at radius 1 is 1.09 bits per heavy atom. The summed E-state index contributed by atoms with van der Waals surface area (Å²) in [5.41, 5.74) is 1.27. The van der Waals surface area contributed by atoms with Crippen LogP contribution in [0.3, 0.4) is 0 Å². The number of fused-ring (bicyclic) bond motifs is 5. The highest BCUT2D eigenvalue weighted by Gasteiger charge is 2.61. The van der Waals surface area contributed by atoms with Crippen molar-refractivity contribution < 1.29 is 15.0 Å². The molecule has 0 aromatic rings. The zero-order valence-corrected chi connectivity index (χ0v) is 13.7. The molecule has 0 amide bonds. The quantitative estimate of drug-likeness (QED) is 0.723. The Kier molecular flexibility index (Phi) is 3.16. The number of aliphatic hydroxyl groups is 2. The van der Waals surface area contributed by atoms with Gasteiger partial charge in [-0.25, -0.2) is 0 Å². The van der Waals surface area contributed by atoms with E-state index in [0.717, 1.165) is 32.1 Å². The lowest BCUT2D eigenvalue weighted by atomic mass is 9.46. The highest BCUT2D eigenvalue weighted by Crippen LogP contribution is 2.65. The Morgan fingerprint density at radius 3 is 2.64 bits per heavy atom. The molecule has 0 heterocycles. The van der Waals surface area contributed by atoms with Crippen LogP contribution in [0.2, 0.25) is 0 Å². The lowest BCUT2D eigenvalue weighted by molar-refractivity contribution is -0.127. The van der Waals surface area contributed by atoms with E-state index in [9.17, 15) is 15.0 Å². The first-order chi connectivity index (χ1) is 10.4. The maximum atomic E-state index is 11.8. The molecule has 0 aromatic carbocycles. The topological polar surface area (TPSA) is 57.5 Å². The van der Waals surface area contributed by atoms with Crippen LogP contribution in [0, 0.1) is 28.6 Å². The molecule has 0 bridgehead atoms. The van der Waals surface area contributed by atoms with Crippen molar-refractivity contribution in [1.29, 1.82) is 0 Å². The second-order valence-electron chi connectivity index (χ2n) is 8.75. The van der Waals surface area contributed by atoms with E-state index in [-0.39, 0.29) is 28.8 Å². The third kappa shape index (κ3) is 1.78. The first-order valence-electron chi connectivity index (χ1n) is 8.96. The summed E-state index contributed by atoms with van der Waals surface area (Å²) in [5.74, 6) is 1.44. The van der Waals surface area contributed by atoms with Gasteiger partial charge in [-0.3, -0.25) is 4.79 Å². The van der Waals surface area contributed by atoms with E-state index in [1.54, 1.807) is 0 Å². The van der Waals surface area contributed by atoms with E-state index < -0.39 is 0 Å². The average Bonchev–Trinajstić information content (AvgIpc) is 2.77. The Morgan fingerprint density at radius 2 is 1.86 bits per heavy atom. The number of carbonyl (C=O) groups is 1. The van der Waals surface area contributed by atoms with Crippen LogP contribution in [0.15, 0.2) is 11.6 Å². The van der Waals surface area contributed by atoms with Gasteiger partial charge >= 0.3 is 0 Å². The first kappa shape index (κ1) is 14.9. The summed E-state index contributed by atoms with van der Waals surface area (Å²) >= 11 is 0. The third-order valence-electron chi connectivity index (χ3n) is 7.93. The lowest BCUT2D eigenvalue weighted by Gasteiger charge is -2.59. The molecule has 4 aliphatic rings. The van der Waals surface area contributed by atoms with Gasteiger partial charge in [-0.05, 0) is 73.2 Å². The molecule has 122 valence electrons. The second-order valence-corrected chi connectivity index (χ2v) is 8.75. The summed E-state index contributed by atoms with van der Waals surface area (Å²) in [7, 11) is 0. The molecule has 0 aromatic heterocycles. The molecule has 3 heteroatoms. The van der Waals surface area contributed by atoms with E-state index in [1.165, 1.54) is 5.57 Å². The third-order valence-corrected chi connectivity index (χ3v) is 7.93. The largest absolute Gasteiger partial charge is 0.393 e. The molecule has 3 saturated carbocycles. The van der Waals surface area contributed by atoms with Crippen LogP contribution in [0.1, 0.15) is 58.8 Å². The predicted molar refractivity (Wildman–Crippen MR) is 84.1 cm³/mol. The molecule has 0 spiro atoms. The summed E-state index contributed by atoms with van der Waals surface area (Å²) in [6.45, 7) is 4.55. The fourth-order valence-corrected chi connectivity index (χ4v) is 6.50. The molecule has 3 nitrogen and oxygen atoms in total. The van der Waals surface area contributed by atoms with Gasteiger partial charge in [0.05, 0.1) is 12.2 Å². The van der Waals surface area contributed by atoms with Gasteiger partial charge < -0.3 is 10.2 Å². The molecule has 0 radical (unpaired) electrons. The van der Waals surface area contributed by atoms with Gasteiger partial charge in [-0.15, -0.1) is 0 Å². The Balaban J connectivity index is 1.74. The highest BCUT2D eigenvalue weighted by molar-refractivity contribution is 5.91. The summed E-state index contributed by atoms with van der Waals surface area (Å²) < 4.78 is 0. The Bertz CT molecular complexity index is 539. The van der Waals surface area contributed by atoms with Gasteiger partial charge in [-0.2, -0.15) is 0 Å². The van der Waals surface area contributed by atoms with Crippen molar-refractivity contribution in [2.45, 2.75) is 71.0 Å². The number of ketones is 1. The van der Waals surface area contributed by atoms with E-state index in [0.29, 0.717) is 30.6 Å². The molecule has 4 rings (SSSR count). The molecule has 22 heavy (non-hydrogen) atoms. The average molecular weight is 304 g/mol. The van der Waals surface area contributed by atoms with Gasteiger partial charge in [0.2, 0.25) is 0 Å². The molecule has 2 unspecified atom stereocenters. The van der Waals surface area contributed by atoms with Gasteiger partial charge in [0, 0.05) is 6.42 Å². The van der Waals surface area contributed by atoms with Gasteiger partial charge in [0.1, 0.15) is 0 Å². The van der Waals surface area contributed by atoms with Gasteiger partial charge in [0.25, 0.3) is 0 Å². The molecular formula is C19H28O3.